The van der Waals surface area contributed by atoms with Gasteiger partial charge in [0, 0.05) is 30.9 Å². The van der Waals surface area contributed by atoms with E-state index in [9.17, 15) is 4.39 Å². The molecule has 2 rings (SSSR count). The summed E-state index contributed by atoms with van der Waals surface area (Å²) in [5.41, 5.74) is 0.950. The van der Waals surface area contributed by atoms with Gasteiger partial charge in [-0.15, -0.1) is 0 Å². The van der Waals surface area contributed by atoms with Crippen LogP contribution >= 0.6 is 0 Å². The maximum Gasteiger partial charge on any atom is 0.125 e. The molecule has 0 amide bonds. The fourth-order valence-electron chi connectivity index (χ4n) is 2.97. The molecule has 1 aromatic rings. The normalized spacial score (nSPS) is 22.8. The van der Waals surface area contributed by atoms with Crippen molar-refractivity contribution in [2.24, 2.45) is 0 Å². The lowest BCUT2D eigenvalue weighted by Crippen LogP contribution is -2.65. The van der Waals surface area contributed by atoms with Crippen molar-refractivity contribution in [1.82, 2.24) is 10.2 Å². The Morgan fingerprint density at radius 3 is 2.79 bits per heavy atom. The van der Waals surface area contributed by atoms with Crippen LogP contribution in [0.15, 0.2) is 24.3 Å². The molecule has 19 heavy (non-hydrogen) atoms. The van der Waals surface area contributed by atoms with Gasteiger partial charge in [-0.2, -0.15) is 0 Å². The van der Waals surface area contributed by atoms with E-state index in [0.29, 0.717) is 6.04 Å². The topological polar surface area (TPSA) is 18.5 Å². The average Bonchev–Trinajstić information content (AvgIpc) is 2.26. The highest BCUT2D eigenvalue weighted by atomic mass is 19.1. The van der Waals surface area contributed by atoms with E-state index in [4.69, 9.17) is 0 Å². The minimum Gasteiger partial charge on any atom is -0.359 e. The van der Waals surface area contributed by atoms with Gasteiger partial charge >= 0.3 is 0 Å². The van der Waals surface area contributed by atoms with Crippen molar-refractivity contribution in [2.75, 3.05) is 38.6 Å². The summed E-state index contributed by atoms with van der Waals surface area (Å²) in [4.78, 5) is 4.53. The van der Waals surface area contributed by atoms with Crippen molar-refractivity contribution >= 4 is 5.69 Å². The third-order valence-corrected chi connectivity index (χ3v) is 3.62. The van der Waals surface area contributed by atoms with Crippen LogP contribution in [0.5, 0.6) is 0 Å². The number of nitrogens with zero attached hydrogens (tertiary/aromatic N) is 2. The van der Waals surface area contributed by atoms with E-state index in [-0.39, 0.29) is 11.4 Å². The van der Waals surface area contributed by atoms with Crippen LogP contribution < -0.4 is 10.2 Å². The van der Waals surface area contributed by atoms with Crippen LogP contribution in [0.3, 0.4) is 0 Å². The first kappa shape index (κ1) is 14.3. The molecular weight excluding hydrogens is 241 g/mol. The van der Waals surface area contributed by atoms with E-state index >= 15 is 0 Å². The third-order valence-electron chi connectivity index (χ3n) is 3.62. The zero-order valence-electron chi connectivity index (χ0n) is 12.3. The maximum absolute atomic E-state index is 13.5. The Morgan fingerprint density at radius 1 is 1.42 bits per heavy atom. The van der Waals surface area contributed by atoms with Gasteiger partial charge in [-0.3, -0.25) is 0 Å². The molecule has 1 saturated heterocycles. The Labute approximate surface area is 115 Å². The lowest BCUT2D eigenvalue weighted by molar-refractivity contribution is 0.271. The number of piperazine rings is 1. The van der Waals surface area contributed by atoms with Gasteiger partial charge in [0.25, 0.3) is 0 Å². The van der Waals surface area contributed by atoms with Crippen molar-refractivity contribution in [3.63, 3.8) is 0 Å². The first-order valence-corrected chi connectivity index (χ1v) is 6.80. The minimum absolute atomic E-state index is 0.0211. The van der Waals surface area contributed by atoms with Crippen LogP contribution in [0.4, 0.5) is 10.1 Å². The van der Waals surface area contributed by atoms with Gasteiger partial charge in [0.15, 0.2) is 0 Å². The summed E-state index contributed by atoms with van der Waals surface area (Å²) in [7, 11) is 4.15. The molecule has 1 unspecified atom stereocenters. The predicted octanol–water partition coefficient (Wildman–Crippen LogP) is 1.94. The Morgan fingerprint density at radius 2 is 2.16 bits per heavy atom. The molecule has 1 fully saturated rings. The number of anilines is 1. The highest BCUT2D eigenvalue weighted by molar-refractivity contribution is 5.51. The predicted molar refractivity (Wildman–Crippen MR) is 78.2 cm³/mol. The lowest BCUT2D eigenvalue weighted by atomic mass is 9.94. The molecule has 1 atom stereocenters. The van der Waals surface area contributed by atoms with Crippen molar-refractivity contribution in [2.45, 2.75) is 25.4 Å². The molecule has 1 aromatic carbocycles. The van der Waals surface area contributed by atoms with Crippen LogP contribution in [0.2, 0.25) is 0 Å². The number of benzene rings is 1. The molecule has 0 bridgehead atoms. The largest absolute Gasteiger partial charge is 0.359 e. The van der Waals surface area contributed by atoms with Gasteiger partial charge in [0.05, 0.1) is 6.04 Å². The number of halogens is 1. The molecule has 1 N–H and O–H groups in total. The Hall–Kier alpha value is -1.13. The Bertz CT molecular complexity index is 431. The molecule has 106 valence electrons. The summed E-state index contributed by atoms with van der Waals surface area (Å²) < 4.78 is 13.5. The molecule has 1 heterocycles. The Balaban J connectivity index is 2.33. The molecule has 3 nitrogen and oxygen atoms in total. The fourth-order valence-corrected chi connectivity index (χ4v) is 2.97. The van der Waals surface area contributed by atoms with Crippen LogP contribution in [-0.2, 0) is 0 Å². The monoisotopic (exact) mass is 265 g/mol. The second-order valence-electron chi connectivity index (χ2n) is 6.21. The number of likely N-dealkylation sites (N-methyl/N-ethyl adjacent to an activating group) is 1. The van der Waals surface area contributed by atoms with Crippen LogP contribution in [0.25, 0.3) is 0 Å². The summed E-state index contributed by atoms with van der Waals surface area (Å²) in [5, 5.41) is 3.48. The van der Waals surface area contributed by atoms with E-state index in [1.165, 1.54) is 6.07 Å². The van der Waals surface area contributed by atoms with E-state index in [2.05, 4.69) is 43.1 Å². The molecule has 0 aromatic heterocycles. The van der Waals surface area contributed by atoms with E-state index < -0.39 is 0 Å². The first-order valence-electron chi connectivity index (χ1n) is 6.80. The lowest BCUT2D eigenvalue weighted by Gasteiger charge is -2.50. The molecule has 0 saturated carbocycles. The highest BCUT2D eigenvalue weighted by Gasteiger charge is 2.36. The summed E-state index contributed by atoms with van der Waals surface area (Å²) in [5.74, 6) is -0.171. The van der Waals surface area contributed by atoms with Crippen LogP contribution in [0, 0.1) is 5.82 Å². The Kier molecular flexibility index (Phi) is 4.11. The van der Waals surface area contributed by atoms with Gasteiger partial charge in [-0.25, -0.2) is 4.39 Å². The highest BCUT2D eigenvalue weighted by Crippen LogP contribution is 2.29. The average molecular weight is 265 g/mol. The van der Waals surface area contributed by atoms with E-state index in [1.807, 2.05) is 6.07 Å². The smallest absolute Gasteiger partial charge is 0.125 e. The van der Waals surface area contributed by atoms with Gasteiger partial charge in [0.2, 0.25) is 0 Å². The summed E-state index contributed by atoms with van der Waals surface area (Å²) in [6.07, 6.45) is 0. The molecule has 4 heteroatoms. The SMILES string of the molecule is CN(C)CC1CNCC(C)(C)N1c1cccc(F)c1. The zero-order chi connectivity index (χ0) is 14.0. The summed E-state index contributed by atoms with van der Waals surface area (Å²) in [6.45, 7) is 7.19. The number of nitrogens with one attached hydrogen (secondary N) is 1. The second-order valence-corrected chi connectivity index (χ2v) is 6.21. The minimum atomic E-state index is -0.171. The number of rotatable bonds is 3. The van der Waals surface area contributed by atoms with E-state index in [1.54, 1.807) is 12.1 Å². The molecule has 1 aliphatic rings. The van der Waals surface area contributed by atoms with Gasteiger partial charge in [-0.05, 0) is 46.1 Å². The maximum atomic E-state index is 13.5. The molecule has 1 aliphatic heterocycles. The summed E-state index contributed by atoms with van der Waals surface area (Å²) in [6, 6.07) is 7.27. The van der Waals surface area contributed by atoms with Gasteiger partial charge < -0.3 is 15.1 Å². The molecular formula is C15H24FN3. The van der Waals surface area contributed by atoms with Gasteiger partial charge in [-0.1, -0.05) is 6.07 Å². The molecule has 0 radical (unpaired) electrons. The van der Waals surface area contributed by atoms with Crippen molar-refractivity contribution in [1.29, 1.82) is 0 Å². The molecule has 0 aliphatic carbocycles. The van der Waals surface area contributed by atoms with Crippen LogP contribution in [-0.4, -0.2) is 50.2 Å². The standard InChI is InChI=1S/C15H24FN3/c1-15(2)11-17-9-14(10-18(3)4)19(15)13-7-5-6-12(16)8-13/h5-8,14,17H,9-11H2,1-4H3. The van der Waals surface area contributed by atoms with Gasteiger partial charge in [0.1, 0.15) is 5.82 Å². The zero-order valence-corrected chi connectivity index (χ0v) is 12.3. The second kappa shape index (κ2) is 5.47. The molecule has 0 spiro atoms. The summed E-state index contributed by atoms with van der Waals surface area (Å²) >= 11 is 0. The number of hydrogen-bond donors (Lipinski definition) is 1. The van der Waals surface area contributed by atoms with Crippen molar-refractivity contribution in [3.05, 3.63) is 30.1 Å². The fraction of sp³-hybridized carbons (Fsp3) is 0.600. The number of hydrogen-bond acceptors (Lipinski definition) is 3. The quantitative estimate of drug-likeness (QED) is 0.901. The van der Waals surface area contributed by atoms with Crippen LogP contribution in [0.1, 0.15) is 13.8 Å². The third kappa shape index (κ3) is 3.25. The van der Waals surface area contributed by atoms with E-state index in [0.717, 1.165) is 25.3 Å². The first-order chi connectivity index (χ1) is 8.90. The van der Waals surface area contributed by atoms with Crippen molar-refractivity contribution in [3.8, 4) is 0 Å². The van der Waals surface area contributed by atoms with Crippen molar-refractivity contribution < 1.29 is 4.39 Å².